The normalized spacial score (nSPS) is 11.3. The van der Waals surface area contributed by atoms with E-state index in [2.05, 4.69) is 10.4 Å². The molecular weight excluding hydrogens is 383 g/mol. The Bertz CT molecular complexity index is 1030. The molecule has 2 aromatic carbocycles. The van der Waals surface area contributed by atoms with Gasteiger partial charge in [0.25, 0.3) is 0 Å². The lowest BCUT2D eigenvalue weighted by Crippen LogP contribution is -2.18. The first kappa shape index (κ1) is 20.3. The Labute approximate surface area is 165 Å². The van der Waals surface area contributed by atoms with Crippen LogP contribution < -0.4 is 5.32 Å². The number of aromatic nitrogens is 2. The van der Waals surface area contributed by atoms with Crippen molar-refractivity contribution in [2.75, 3.05) is 5.32 Å². The molecule has 0 aliphatic carbocycles. The molecule has 8 heteroatoms. The summed E-state index contributed by atoms with van der Waals surface area (Å²) >= 11 is 0. The van der Waals surface area contributed by atoms with Crippen molar-refractivity contribution in [1.29, 1.82) is 0 Å². The molecule has 1 aromatic heterocycles. The van der Waals surface area contributed by atoms with Gasteiger partial charge < -0.3 is 5.32 Å². The van der Waals surface area contributed by atoms with Crippen LogP contribution in [0.4, 0.5) is 19.0 Å². The molecule has 1 heterocycles. The van der Waals surface area contributed by atoms with Gasteiger partial charge in [-0.1, -0.05) is 42.5 Å². The average Bonchev–Trinajstić information content (AvgIpc) is 3.06. The van der Waals surface area contributed by atoms with E-state index in [0.29, 0.717) is 11.3 Å². The molecule has 0 aliphatic rings. The summed E-state index contributed by atoms with van der Waals surface area (Å²) in [5, 5.41) is 6.64. The van der Waals surface area contributed by atoms with Gasteiger partial charge >= 0.3 is 6.18 Å². The van der Waals surface area contributed by atoms with Crippen LogP contribution in [0, 0.1) is 6.92 Å². The van der Waals surface area contributed by atoms with Gasteiger partial charge in [-0.15, -0.1) is 0 Å². The van der Waals surface area contributed by atoms with E-state index < -0.39 is 17.6 Å². The van der Waals surface area contributed by atoms with Gasteiger partial charge in [0.2, 0.25) is 5.91 Å². The van der Waals surface area contributed by atoms with Crippen LogP contribution in [0.15, 0.2) is 60.7 Å². The Morgan fingerprint density at radius 3 is 2.34 bits per heavy atom. The third kappa shape index (κ3) is 4.90. The Morgan fingerprint density at radius 2 is 1.66 bits per heavy atom. The second-order valence-corrected chi connectivity index (χ2v) is 6.44. The molecule has 150 valence electrons. The Balaban J connectivity index is 1.77. The zero-order chi connectivity index (χ0) is 21.0. The van der Waals surface area contributed by atoms with E-state index >= 15 is 0 Å². The molecule has 0 unspecified atom stereocenters. The highest BCUT2D eigenvalue weighted by Crippen LogP contribution is 2.34. The number of benzene rings is 2. The number of aryl methyl sites for hydroxylation is 1. The first-order valence-electron chi connectivity index (χ1n) is 8.87. The number of anilines is 1. The predicted octanol–water partition coefficient (Wildman–Crippen LogP) is 4.80. The van der Waals surface area contributed by atoms with E-state index in [-0.39, 0.29) is 30.1 Å². The number of hydrogen-bond donors (Lipinski definition) is 1. The van der Waals surface area contributed by atoms with Crippen LogP contribution in [0.25, 0.3) is 5.69 Å². The second-order valence-electron chi connectivity index (χ2n) is 6.44. The highest BCUT2D eigenvalue weighted by molar-refractivity contribution is 5.99. The molecule has 1 N–H and O–H groups in total. The molecule has 0 atom stereocenters. The zero-order valence-corrected chi connectivity index (χ0v) is 15.5. The largest absolute Gasteiger partial charge is 0.418 e. The minimum absolute atomic E-state index is 0.0118. The van der Waals surface area contributed by atoms with Gasteiger partial charge in [-0.3, -0.25) is 9.59 Å². The van der Waals surface area contributed by atoms with Crippen molar-refractivity contribution in [1.82, 2.24) is 9.78 Å². The number of ketones is 1. The summed E-state index contributed by atoms with van der Waals surface area (Å²) in [6, 6.07) is 15.0. The average molecular weight is 401 g/mol. The summed E-state index contributed by atoms with van der Waals surface area (Å²) in [4.78, 5) is 24.4. The van der Waals surface area contributed by atoms with Crippen molar-refractivity contribution < 1.29 is 22.8 Å². The first-order chi connectivity index (χ1) is 13.8. The van der Waals surface area contributed by atoms with Crippen LogP contribution in [0.5, 0.6) is 0 Å². The van der Waals surface area contributed by atoms with Gasteiger partial charge in [0.1, 0.15) is 5.82 Å². The summed E-state index contributed by atoms with van der Waals surface area (Å²) in [5.41, 5.74) is -0.112. The van der Waals surface area contributed by atoms with E-state index in [1.807, 2.05) is 0 Å². The number of alkyl halides is 3. The molecule has 0 bridgehead atoms. The SMILES string of the molecule is Cc1cc(NC(=O)CCC(=O)c2ccccc2)n(-c2ccccc2C(F)(F)F)n1. The summed E-state index contributed by atoms with van der Waals surface area (Å²) in [6.07, 6.45) is -4.68. The number of nitrogens with one attached hydrogen (secondary N) is 1. The lowest BCUT2D eigenvalue weighted by Gasteiger charge is -2.15. The summed E-state index contributed by atoms with van der Waals surface area (Å²) in [5.74, 6) is -0.566. The van der Waals surface area contributed by atoms with Gasteiger partial charge in [-0.05, 0) is 19.1 Å². The maximum absolute atomic E-state index is 13.3. The zero-order valence-electron chi connectivity index (χ0n) is 15.5. The summed E-state index contributed by atoms with van der Waals surface area (Å²) in [7, 11) is 0. The number of amides is 1. The fourth-order valence-corrected chi connectivity index (χ4v) is 2.87. The van der Waals surface area contributed by atoms with Gasteiger partial charge in [0.05, 0.1) is 16.9 Å². The number of carbonyl (C=O) groups excluding carboxylic acids is 2. The van der Waals surface area contributed by atoms with Crippen LogP contribution in [0.3, 0.4) is 0 Å². The topological polar surface area (TPSA) is 64.0 Å². The smallest absolute Gasteiger partial charge is 0.311 e. The van der Waals surface area contributed by atoms with Crippen molar-refractivity contribution in [3.63, 3.8) is 0 Å². The highest BCUT2D eigenvalue weighted by Gasteiger charge is 2.34. The minimum Gasteiger partial charge on any atom is -0.311 e. The number of hydrogen-bond acceptors (Lipinski definition) is 3. The molecule has 3 rings (SSSR count). The van der Waals surface area contributed by atoms with E-state index in [1.54, 1.807) is 37.3 Å². The number of Topliss-reactive ketones (excluding diaryl/α,β-unsaturated/α-hetero) is 1. The minimum atomic E-state index is -4.57. The maximum atomic E-state index is 13.3. The van der Waals surface area contributed by atoms with E-state index in [9.17, 15) is 22.8 Å². The lowest BCUT2D eigenvalue weighted by atomic mass is 10.1. The molecule has 0 saturated heterocycles. The van der Waals surface area contributed by atoms with E-state index in [1.165, 1.54) is 24.3 Å². The Kier molecular flexibility index (Phi) is 5.81. The molecule has 29 heavy (non-hydrogen) atoms. The van der Waals surface area contributed by atoms with Crippen LogP contribution in [0.2, 0.25) is 0 Å². The Morgan fingerprint density at radius 1 is 1.00 bits per heavy atom. The number of para-hydroxylation sites is 1. The van der Waals surface area contributed by atoms with Crippen molar-refractivity contribution in [2.45, 2.75) is 25.9 Å². The number of rotatable bonds is 6. The van der Waals surface area contributed by atoms with Crippen molar-refractivity contribution >= 4 is 17.5 Å². The third-order valence-electron chi connectivity index (χ3n) is 4.21. The highest BCUT2D eigenvalue weighted by atomic mass is 19.4. The van der Waals surface area contributed by atoms with E-state index in [0.717, 1.165) is 10.7 Å². The standard InChI is InChI=1S/C21H18F3N3O2/c1-14-13-19(25-20(29)12-11-18(28)15-7-3-2-4-8-15)27(26-14)17-10-6-5-9-16(17)21(22,23)24/h2-10,13H,11-12H2,1H3,(H,25,29). The van der Waals surface area contributed by atoms with Crippen molar-refractivity contribution in [3.8, 4) is 5.69 Å². The van der Waals surface area contributed by atoms with Crippen LogP contribution >= 0.6 is 0 Å². The fraction of sp³-hybridized carbons (Fsp3) is 0.190. The monoisotopic (exact) mass is 401 g/mol. The fourth-order valence-electron chi connectivity index (χ4n) is 2.87. The number of halogens is 3. The molecule has 0 spiro atoms. The molecule has 3 aromatic rings. The molecule has 5 nitrogen and oxygen atoms in total. The molecule has 0 fully saturated rings. The molecule has 0 saturated carbocycles. The van der Waals surface area contributed by atoms with Crippen LogP contribution in [0.1, 0.15) is 34.5 Å². The molecule has 0 aliphatic heterocycles. The van der Waals surface area contributed by atoms with Crippen molar-refractivity contribution in [3.05, 3.63) is 77.5 Å². The first-order valence-corrected chi connectivity index (χ1v) is 8.87. The lowest BCUT2D eigenvalue weighted by molar-refractivity contribution is -0.137. The molecule has 1 amide bonds. The van der Waals surface area contributed by atoms with Gasteiger partial charge in [0, 0.05) is 24.5 Å². The second kappa shape index (κ2) is 8.30. The number of carbonyl (C=O) groups is 2. The molecular formula is C21H18F3N3O2. The summed E-state index contributed by atoms with van der Waals surface area (Å²) in [6.45, 7) is 1.61. The predicted molar refractivity (Wildman–Crippen MR) is 102 cm³/mol. The van der Waals surface area contributed by atoms with Gasteiger partial charge in [-0.2, -0.15) is 18.3 Å². The quantitative estimate of drug-likeness (QED) is 0.604. The van der Waals surface area contributed by atoms with E-state index in [4.69, 9.17) is 0 Å². The van der Waals surface area contributed by atoms with Crippen LogP contribution in [-0.4, -0.2) is 21.5 Å². The van der Waals surface area contributed by atoms with Gasteiger partial charge in [0.15, 0.2) is 5.78 Å². The molecule has 0 radical (unpaired) electrons. The number of nitrogens with zero attached hydrogens (tertiary/aromatic N) is 2. The maximum Gasteiger partial charge on any atom is 0.418 e. The van der Waals surface area contributed by atoms with Crippen molar-refractivity contribution in [2.24, 2.45) is 0 Å². The van der Waals surface area contributed by atoms with Gasteiger partial charge in [-0.25, -0.2) is 4.68 Å². The summed E-state index contributed by atoms with van der Waals surface area (Å²) < 4.78 is 41.1. The Hall–Kier alpha value is -3.42. The third-order valence-corrected chi connectivity index (χ3v) is 4.21. The van der Waals surface area contributed by atoms with Crippen LogP contribution in [-0.2, 0) is 11.0 Å².